The number of hydrogen-bond donors (Lipinski definition) is 15. The van der Waals surface area contributed by atoms with E-state index in [9.17, 15) is 0 Å². The average molecular weight is 1680 g/mol. The Hall–Kier alpha value is -11.1. The van der Waals surface area contributed by atoms with Gasteiger partial charge in [0.2, 0.25) is 29.8 Å². The van der Waals surface area contributed by atoms with Crippen molar-refractivity contribution in [1.82, 2.24) is 83.8 Å². The van der Waals surface area contributed by atoms with E-state index in [1.54, 1.807) is 0 Å². The van der Waals surface area contributed by atoms with Crippen LogP contribution < -0.4 is 79.8 Å². The van der Waals surface area contributed by atoms with Crippen LogP contribution >= 0.6 is 46.4 Å². The molecule has 117 heavy (non-hydrogen) atoms. The maximum atomic E-state index is 5.87. The van der Waals surface area contributed by atoms with Crippen molar-refractivity contribution < 1.29 is 0 Å². The molecular formula is C83H120Cl4N30. The first-order valence-corrected chi connectivity index (χ1v) is 40.7. The first-order chi connectivity index (χ1) is 55.7. The van der Waals surface area contributed by atoms with E-state index in [0.29, 0.717) is 44.3 Å². The Morgan fingerprint density at radius 1 is 0.342 bits per heavy atom. The number of anilines is 2. The third-order valence-electron chi connectivity index (χ3n) is 16.3. The Labute approximate surface area is 711 Å². The van der Waals surface area contributed by atoms with Gasteiger partial charge >= 0.3 is 0 Å². The van der Waals surface area contributed by atoms with E-state index < -0.39 is 0 Å². The number of aliphatic imine (C=N–C) groups is 12. The molecule has 0 aliphatic carbocycles. The molecule has 6 unspecified atom stereocenters. The van der Waals surface area contributed by atoms with Crippen molar-refractivity contribution in [3.63, 3.8) is 0 Å². The molecule has 0 aromatic heterocycles. The maximum Gasteiger partial charge on any atom is 0.204 e. The van der Waals surface area contributed by atoms with Gasteiger partial charge in [0.05, 0.1) is 13.1 Å². The van der Waals surface area contributed by atoms with Crippen LogP contribution in [0.1, 0.15) is 116 Å². The van der Waals surface area contributed by atoms with Crippen molar-refractivity contribution in [2.45, 2.75) is 178 Å². The fraction of sp³-hybridized carbons (Fsp3) is 0.422. The van der Waals surface area contributed by atoms with E-state index in [2.05, 4.69) is 219 Å². The van der Waals surface area contributed by atoms with Gasteiger partial charge in [-0.25, -0.2) is 49.9 Å². The third-order valence-corrected chi connectivity index (χ3v) is 17.3. The van der Waals surface area contributed by atoms with Gasteiger partial charge in [-0.05, 0) is 216 Å². The molecule has 30 nitrogen and oxygen atoms in total. The highest BCUT2D eigenvalue weighted by atomic mass is 35.5. The number of guanidine groups is 12. The lowest BCUT2D eigenvalue weighted by atomic mass is 10.1. The summed E-state index contributed by atoms with van der Waals surface area (Å²) in [5.74, 6) is 9.15. The lowest BCUT2D eigenvalue weighted by molar-refractivity contribution is 0.559. The van der Waals surface area contributed by atoms with Crippen LogP contribution in [0.25, 0.3) is 0 Å². The van der Waals surface area contributed by atoms with Crippen LogP contribution in [0.5, 0.6) is 0 Å². The van der Waals surface area contributed by atoms with Gasteiger partial charge < -0.3 is 62.6 Å². The summed E-state index contributed by atoms with van der Waals surface area (Å²) in [5.41, 5.74) is 9.14. The molecule has 6 atom stereocenters. The van der Waals surface area contributed by atoms with E-state index in [4.69, 9.17) is 46.4 Å². The zero-order chi connectivity index (χ0) is 85.1. The summed E-state index contributed by atoms with van der Waals surface area (Å²) in [7, 11) is 11.7. The Morgan fingerprint density at radius 2 is 0.641 bits per heavy atom. The van der Waals surface area contributed by atoms with E-state index in [1.807, 2.05) is 220 Å². The fourth-order valence-electron chi connectivity index (χ4n) is 10.9. The van der Waals surface area contributed by atoms with E-state index in [-0.39, 0.29) is 37.0 Å². The zero-order valence-corrected chi connectivity index (χ0v) is 74.0. The predicted molar refractivity (Wildman–Crippen MR) is 493 cm³/mol. The maximum absolute atomic E-state index is 5.87. The molecule has 0 amide bonds. The van der Waals surface area contributed by atoms with Gasteiger partial charge in [-0.1, -0.05) is 119 Å². The lowest BCUT2D eigenvalue weighted by Gasteiger charge is -2.26. The summed E-state index contributed by atoms with van der Waals surface area (Å²) >= 11 is 23.5. The monoisotopic (exact) mass is 1680 g/mol. The van der Waals surface area contributed by atoms with Gasteiger partial charge in [0.25, 0.3) is 0 Å². The smallest absolute Gasteiger partial charge is 0.204 e. The number of hydrogen-bond acceptors (Lipinski definition) is 22. The van der Waals surface area contributed by atoms with E-state index in [0.717, 1.165) is 127 Å². The quantitative estimate of drug-likeness (QED) is 0.0454. The van der Waals surface area contributed by atoms with Gasteiger partial charge in [0.1, 0.15) is 37.0 Å². The molecule has 6 aromatic rings. The molecule has 15 N–H and O–H groups in total. The summed E-state index contributed by atoms with van der Waals surface area (Å²) < 4.78 is 0. The highest BCUT2D eigenvalue weighted by Gasteiger charge is 2.21. The summed E-state index contributed by atoms with van der Waals surface area (Å²) in [6.07, 6.45) is 1.66. The Balaban J connectivity index is 0.000000194. The first-order valence-electron chi connectivity index (χ1n) is 39.2. The standard InChI is InChI=1S/C15H22ClN5.2C14H20ClN5.C14H21N5.C13H18ClN5.C13H19N5/c1-10(2)18-15-20-11(3)19-14(21-15)17-9-8-12-4-6-13(16)7-5-12;1-10-17-13(19-14(18-10)20(2)3)16-9-8-11-4-6-12(15)7-5-11;1-9(2)17-14-19-10(3)18-13(20-14)16-8-11-4-6-12(15)7-5-11;1-9(2)15-13-16-11(4)17-14(19-13)18-12-7-5-6-10(3)8-12;1-9-16-12(18-13(17-9)19(2)3)15-8-10-4-6-11(14)7-5-10;1-9-6-5-7-11(8-9)16-12-14-10(2)15-13(17-12)18(3)4/h4-7,10-11H,8-9H2,1-3H3,(H3,17,18,19,20,21);4-7,10H,8-9H2,1-3H3,(H2,16,17,18,19);4-7,9-10H,8H2,1-3H3,(H3,16,17,18,19,20);5-9,11H,1-4H3,(H3,15,16,17,18,19);4-7,9H,8H2,1-3H3,(H2,15,16,17,18);5-8,10H,1-4H3,(H2,14,15,16,17). The molecule has 34 heteroatoms. The van der Waals surface area contributed by atoms with Crippen LogP contribution in [-0.2, 0) is 25.9 Å². The highest BCUT2D eigenvalue weighted by Crippen LogP contribution is 2.17. The van der Waals surface area contributed by atoms with Crippen molar-refractivity contribution in [3.05, 3.63) is 199 Å². The number of rotatable bonds is 15. The molecule has 0 spiro atoms. The lowest BCUT2D eigenvalue weighted by Crippen LogP contribution is -2.55. The van der Waals surface area contributed by atoms with Gasteiger partial charge in [-0.2, -0.15) is 0 Å². The minimum Gasteiger partial charge on any atom is -0.354 e. The van der Waals surface area contributed by atoms with Crippen LogP contribution in [0.2, 0.25) is 20.1 Å². The zero-order valence-electron chi connectivity index (χ0n) is 71.0. The predicted octanol–water partition coefficient (Wildman–Crippen LogP) is 11.3. The topological polar surface area (TPSA) is 338 Å². The van der Waals surface area contributed by atoms with Crippen molar-refractivity contribution in [3.8, 4) is 0 Å². The second kappa shape index (κ2) is 47.8. The molecule has 0 saturated carbocycles. The van der Waals surface area contributed by atoms with Crippen molar-refractivity contribution >= 4 is 129 Å². The first kappa shape index (κ1) is 93.1. The van der Waals surface area contributed by atoms with Gasteiger partial charge in [-0.15, -0.1) is 0 Å². The molecule has 6 aliphatic heterocycles. The number of nitrogens with one attached hydrogen (secondary N) is 15. The van der Waals surface area contributed by atoms with Crippen LogP contribution in [-0.4, -0.2) is 197 Å². The van der Waals surface area contributed by atoms with Crippen molar-refractivity contribution in [2.24, 2.45) is 59.9 Å². The van der Waals surface area contributed by atoms with Crippen molar-refractivity contribution in [1.29, 1.82) is 0 Å². The molecule has 12 rings (SSSR count). The van der Waals surface area contributed by atoms with E-state index in [1.165, 1.54) is 22.3 Å². The second-order valence-corrected chi connectivity index (χ2v) is 31.2. The van der Waals surface area contributed by atoms with E-state index >= 15 is 0 Å². The van der Waals surface area contributed by atoms with Gasteiger partial charge in [-0.3, -0.25) is 41.9 Å². The molecule has 6 aliphatic rings. The number of benzene rings is 6. The molecule has 630 valence electrons. The molecule has 0 saturated heterocycles. The van der Waals surface area contributed by atoms with Gasteiger partial charge in [0, 0.05) is 105 Å². The Kier molecular flexibility index (Phi) is 38.1. The minimum atomic E-state index is -0.0881. The summed E-state index contributed by atoms with van der Waals surface area (Å²) in [4.78, 5) is 59.3. The molecule has 0 bridgehead atoms. The van der Waals surface area contributed by atoms with Gasteiger partial charge in [0.15, 0.2) is 41.7 Å². The third kappa shape index (κ3) is 36.3. The van der Waals surface area contributed by atoms with Crippen LogP contribution in [0.4, 0.5) is 11.4 Å². The molecule has 6 aromatic carbocycles. The normalized spacial score (nSPS) is 19.7. The Bertz CT molecular complexity index is 4490. The van der Waals surface area contributed by atoms with Crippen LogP contribution in [0, 0.1) is 13.8 Å². The number of aryl methyl sites for hydroxylation is 2. The summed E-state index contributed by atoms with van der Waals surface area (Å²) in [6, 6.07) is 48.4. The minimum absolute atomic E-state index is 0.00136. The molecule has 6 heterocycles. The molecule has 0 fully saturated rings. The second-order valence-electron chi connectivity index (χ2n) is 29.4. The van der Waals surface area contributed by atoms with Crippen LogP contribution in [0.15, 0.2) is 206 Å². The van der Waals surface area contributed by atoms with Crippen LogP contribution in [0.3, 0.4) is 0 Å². The Morgan fingerprint density at radius 3 is 1.00 bits per heavy atom. The van der Waals surface area contributed by atoms with Crippen molar-refractivity contribution in [2.75, 3.05) is 66.0 Å². The SMILES string of the molecule is CC(C)NC1=NC(C)NC(=NCCc2ccc(Cl)cc2)N1.CC(C)NC1=NC(C)NC(=NCc2ccc(Cl)cc2)N1.CC1N=C(N(C)C)NC(=NCCc2ccc(Cl)cc2)N1.CC1N=C(N(C)C)NC(=NCc2ccc(Cl)cc2)N1.Cc1cccc(NC2=NC(C)N=C(N(C)C)N2)c1.Cc1cccc(NC2=NC(C)N=C(NC(C)C)N2)c1. The average Bonchev–Trinajstić information content (AvgIpc) is 0.870. The summed E-state index contributed by atoms with van der Waals surface area (Å²) in [5, 5.41) is 51.0. The summed E-state index contributed by atoms with van der Waals surface area (Å²) in [6.45, 7) is 31.1. The fourth-order valence-corrected chi connectivity index (χ4v) is 11.4. The largest absolute Gasteiger partial charge is 0.354 e. The highest BCUT2D eigenvalue weighted by molar-refractivity contribution is 6.31. The number of nitrogens with zero attached hydrogens (tertiary/aromatic N) is 15. The molecule has 0 radical (unpaired) electrons. The number of halogens is 4. The molecular weight excluding hydrogens is 1560 g/mol.